The Hall–Kier alpha value is -2.56. The van der Waals surface area contributed by atoms with E-state index in [0.29, 0.717) is 11.4 Å². The second kappa shape index (κ2) is 3.48. The number of nitrogens with zero attached hydrogens (tertiary/aromatic N) is 2. The first-order valence-electron chi connectivity index (χ1n) is 5.17. The van der Waals surface area contributed by atoms with Crippen molar-refractivity contribution < 1.29 is 4.79 Å². The largest absolute Gasteiger partial charge is 0.361 e. The Morgan fingerprint density at radius 2 is 1.94 bits per heavy atom. The standard InChI is InChI=1S/C12H10N4O/c1-8-11-7-10(9-5-3-2-4-6-9)15-16(11)12(17)14-13-8/h2-7,13H,1H2,(H,14,17). The molecule has 0 aliphatic carbocycles. The van der Waals surface area contributed by atoms with Gasteiger partial charge >= 0.3 is 6.03 Å². The molecule has 2 heterocycles. The molecule has 0 fully saturated rings. The fraction of sp³-hybridized carbons (Fsp3) is 0. The molecule has 1 aromatic carbocycles. The summed E-state index contributed by atoms with van der Waals surface area (Å²) < 4.78 is 1.31. The first-order valence-corrected chi connectivity index (χ1v) is 5.17. The molecule has 3 rings (SSSR count). The highest BCUT2D eigenvalue weighted by atomic mass is 16.2. The summed E-state index contributed by atoms with van der Waals surface area (Å²) >= 11 is 0. The van der Waals surface area contributed by atoms with Crippen LogP contribution in [0.25, 0.3) is 17.0 Å². The quantitative estimate of drug-likeness (QED) is 0.776. The lowest BCUT2D eigenvalue weighted by Gasteiger charge is -2.17. The number of rotatable bonds is 1. The number of hydrazine groups is 1. The first kappa shape index (κ1) is 9.65. The lowest BCUT2D eigenvalue weighted by Crippen LogP contribution is -2.44. The van der Waals surface area contributed by atoms with Crippen LogP contribution in [0.2, 0.25) is 0 Å². The average molecular weight is 226 g/mol. The predicted molar refractivity (Wildman–Crippen MR) is 63.8 cm³/mol. The van der Waals surface area contributed by atoms with Crippen LogP contribution in [0.4, 0.5) is 4.79 Å². The highest BCUT2D eigenvalue weighted by Crippen LogP contribution is 2.22. The minimum atomic E-state index is -0.311. The van der Waals surface area contributed by atoms with E-state index >= 15 is 0 Å². The Balaban J connectivity index is 2.13. The van der Waals surface area contributed by atoms with Crippen molar-refractivity contribution >= 4 is 11.7 Å². The Kier molecular flexibility index (Phi) is 1.98. The molecule has 84 valence electrons. The van der Waals surface area contributed by atoms with Gasteiger partial charge in [-0.3, -0.25) is 5.43 Å². The molecule has 0 unspecified atom stereocenters. The van der Waals surface area contributed by atoms with E-state index in [1.54, 1.807) is 0 Å². The minimum Gasteiger partial charge on any atom is -0.296 e. The van der Waals surface area contributed by atoms with Crippen molar-refractivity contribution in [2.45, 2.75) is 0 Å². The maximum atomic E-state index is 11.6. The van der Waals surface area contributed by atoms with Crippen LogP contribution < -0.4 is 10.9 Å². The summed E-state index contributed by atoms with van der Waals surface area (Å²) in [6.07, 6.45) is 0. The highest BCUT2D eigenvalue weighted by molar-refractivity contribution is 5.85. The van der Waals surface area contributed by atoms with Gasteiger partial charge in [0.15, 0.2) is 0 Å². The molecule has 5 heteroatoms. The van der Waals surface area contributed by atoms with Crippen molar-refractivity contribution in [2.24, 2.45) is 0 Å². The molecule has 0 saturated heterocycles. The van der Waals surface area contributed by atoms with Gasteiger partial charge in [-0.2, -0.15) is 9.78 Å². The van der Waals surface area contributed by atoms with Gasteiger partial charge in [0.2, 0.25) is 0 Å². The molecule has 1 aromatic heterocycles. The maximum absolute atomic E-state index is 11.6. The van der Waals surface area contributed by atoms with Gasteiger partial charge in [0.1, 0.15) is 0 Å². The lowest BCUT2D eigenvalue weighted by molar-refractivity contribution is 0.235. The molecule has 0 spiro atoms. The summed E-state index contributed by atoms with van der Waals surface area (Å²) in [5.74, 6) is 0. The molecule has 0 saturated carbocycles. The van der Waals surface area contributed by atoms with Crippen LogP contribution >= 0.6 is 0 Å². The molecule has 1 amide bonds. The normalized spacial score (nSPS) is 13.9. The van der Waals surface area contributed by atoms with Gasteiger partial charge in [-0.15, -0.1) is 0 Å². The number of benzene rings is 1. The Bertz CT molecular complexity index is 567. The fourth-order valence-corrected chi connectivity index (χ4v) is 1.75. The topological polar surface area (TPSA) is 58.9 Å². The molecule has 17 heavy (non-hydrogen) atoms. The summed E-state index contributed by atoms with van der Waals surface area (Å²) in [5.41, 5.74) is 8.18. The zero-order chi connectivity index (χ0) is 11.8. The molecular weight excluding hydrogens is 216 g/mol. The van der Waals surface area contributed by atoms with Crippen LogP contribution in [0.3, 0.4) is 0 Å². The lowest BCUT2D eigenvalue weighted by atomic mass is 10.1. The zero-order valence-corrected chi connectivity index (χ0v) is 8.97. The Morgan fingerprint density at radius 1 is 1.18 bits per heavy atom. The number of carbonyl (C=O) groups is 1. The van der Waals surface area contributed by atoms with E-state index in [2.05, 4.69) is 22.5 Å². The second-order valence-corrected chi connectivity index (χ2v) is 3.73. The van der Waals surface area contributed by atoms with Crippen molar-refractivity contribution in [3.8, 4) is 11.3 Å². The van der Waals surface area contributed by atoms with Crippen LogP contribution in [0.15, 0.2) is 43.0 Å². The van der Waals surface area contributed by atoms with Crippen molar-refractivity contribution in [1.82, 2.24) is 20.6 Å². The number of amides is 1. The van der Waals surface area contributed by atoms with Gasteiger partial charge in [0.25, 0.3) is 0 Å². The Labute approximate surface area is 97.7 Å². The molecule has 1 aliphatic rings. The van der Waals surface area contributed by atoms with Gasteiger partial charge < -0.3 is 0 Å². The molecular formula is C12H10N4O. The molecule has 0 bridgehead atoms. The molecule has 5 nitrogen and oxygen atoms in total. The van der Waals surface area contributed by atoms with E-state index in [1.165, 1.54) is 4.68 Å². The zero-order valence-electron chi connectivity index (χ0n) is 8.97. The maximum Gasteiger partial charge on any atom is 0.361 e. The van der Waals surface area contributed by atoms with Gasteiger partial charge in [0, 0.05) is 5.56 Å². The third kappa shape index (κ3) is 1.48. The number of carbonyl (C=O) groups excluding carboxylic acids is 1. The van der Waals surface area contributed by atoms with Crippen molar-refractivity contribution in [2.75, 3.05) is 0 Å². The summed E-state index contributed by atoms with van der Waals surface area (Å²) in [5, 5.41) is 4.26. The highest BCUT2D eigenvalue weighted by Gasteiger charge is 2.21. The third-order valence-corrected chi connectivity index (χ3v) is 2.60. The number of nitrogens with one attached hydrogen (secondary N) is 2. The van der Waals surface area contributed by atoms with Gasteiger partial charge in [0.05, 0.1) is 17.1 Å². The molecule has 2 aromatic rings. The summed E-state index contributed by atoms with van der Waals surface area (Å²) in [4.78, 5) is 11.6. The van der Waals surface area contributed by atoms with Gasteiger partial charge in [-0.1, -0.05) is 36.9 Å². The molecule has 0 atom stereocenters. The number of hydrogen-bond acceptors (Lipinski definition) is 3. The van der Waals surface area contributed by atoms with Crippen LogP contribution in [-0.2, 0) is 0 Å². The number of fused-ring (bicyclic) bond motifs is 1. The van der Waals surface area contributed by atoms with Crippen LogP contribution in [0, 0.1) is 0 Å². The molecule has 1 aliphatic heterocycles. The van der Waals surface area contributed by atoms with Crippen molar-refractivity contribution in [3.05, 3.63) is 48.7 Å². The monoisotopic (exact) mass is 226 g/mol. The average Bonchev–Trinajstić information content (AvgIpc) is 2.81. The van der Waals surface area contributed by atoms with Crippen LogP contribution in [0.1, 0.15) is 5.69 Å². The SMILES string of the molecule is C=C1NNC(=O)n2nc(-c3ccccc3)cc21. The second-order valence-electron chi connectivity index (χ2n) is 3.73. The van der Waals surface area contributed by atoms with Crippen LogP contribution in [-0.4, -0.2) is 15.8 Å². The van der Waals surface area contributed by atoms with Gasteiger partial charge in [-0.05, 0) is 6.07 Å². The number of aromatic nitrogens is 2. The number of hydrogen-bond donors (Lipinski definition) is 2. The Morgan fingerprint density at radius 3 is 2.65 bits per heavy atom. The van der Waals surface area contributed by atoms with Crippen LogP contribution in [0.5, 0.6) is 0 Å². The van der Waals surface area contributed by atoms with E-state index in [0.717, 1.165) is 11.3 Å². The van der Waals surface area contributed by atoms with Crippen molar-refractivity contribution in [1.29, 1.82) is 0 Å². The molecule has 0 radical (unpaired) electrons. The fourth-order valence-electron chi connectivity index (χ4n) is 1.75. The smallest absolute Gasteiger partial charge is 0.296 e. The molecule has 2 N–H and O–H groups in total. The summed E-state index contributed by atoms with van der Waals surface area (Å²) in [6.45, 7) is 3.81. The first-order chi connectivity index (χ1) is 8.25. The van der Waals surface area contributed by atoms with Gasteiger partial charge in [-0.25, -0.2) is 10.2 Å². The van der Waals surface area contributed by atoms with E-state index in [9.17, 15) is 4.79 Å². The minimum absolute atomic E-state index is 0.311. The summed E-state index contributed by atoms with van der Waals surface area (Å²) in [6, 6.07) is 11.2. The van der Waals surface area contributed by atoms with Crippen molar-refractivity contribution in [3.63, 3.8) is 0 Å². The predicted octanol–water partition coefficient (Wildman–Crippen LogP) is 1.60. The van der Waals surface area contributed by atoms with E-state index in [-0.39, 0.29) is 6.03 Å². The van der Waals surface area contributed by atoms with E-state index in [1.807, 2.05) is 36.4 Å². The summed E-state index contributed by atoms with van der Waals surface area (Å²) in [7, 11) is 0. The third-order valence-electron chi connectivity index (χ3n) is 2.60. The van der Waals surface area contributed by atoms with E-state index < -0.39 is 0 Å². The van der Waals surface area contributed by atoms with E-state index in [4.69, 9.17) is 0 Å².